The fourth-order valence-corrected chi connectivity index (χ4v) is 2.25. The molecule has 1 fully saturated rings. The Kier molecular flexibility index (Phi) is 4.40. The monoisotopic (exact) mass is 236 g/mol. The number of benzene rings is 1. The molecule has 3 heteroatoms. The summed E-state index contributed by atoms with van der Waals surface area (Å²) < 4.78 is 10.9. The lowest BCUT2D eigenvalue weighted by Crippen LogP contribution is -2.09. The van der Waals surface area contributed by atoms with Crippen LogP contribution in [0.15, 0.2) is 24.3 Å². The molecule has 1 aromatic carbocycles. The molecule has 1 saturated heterocycles. The third-order valence-corrected chi connectivity index (χ3v) is 3.16. The number of hydrogen-bond donors (Lipinski definition) is 1. The summed E-state index contributed by atoms with van der Waals surface area (Å²) in [7, 11) is 0. The molecule has 0 aliphatic carbocycles. The molecule has 0 bridgehead atoms. The van der Waals surface area contributed by atoms with Crippen LogP contribution in [0.3, 0.4) is 0 Å². The molecule has 0 spiro atoms. The van der Waals surface area contributed by atoms with Crippen molar-refractivity contribution in [2.75, 3.05) is 19.8 Å². The quantitative estimate of drug-likeness (QED) is 0.854. The van der Waals surface area contributed by atoms with Crippen LogP contribution in [0.5, 0.6) is 5.75 Å². The molecule has 1 aromatic rings. The van der Waals surface area contributed by atoms with Crippen LogP contribution in [-0.4, -0.2) is 24.9 Å². The van der Waals surface area contributed by atoms with Gasteiger partial charge >= 0.3 is 0 Å². The van der Waals surface area contributed by atoms with E-state index in [1.807, 2.05) is 31.2 Å². The van der Waals surface area contributed by atoms with Gasteiger partial charge in [0.15, 0.2) is 0 Å². The molecule has 1 N–H and O–H groups in total. The van der Waals surface area contributed by atoms with Gasteiger partial charge in [0.05, 0.1) is 12.7 Å². The van der Waals surface area contributed by atoms with Crippen LogP contribution in [0.1, 0.15) is 31.4 Å². The van der Waals surface area contributed by atoms with E-state index in [0.717, 1.165) is 37.4 Å². The SMILES string of the molecule is CCOc1ccccc1C(O)CC1CCOC1. The van der Waals surface area contributed by atoms with Crippen molar-refractivity contribution in [2.45, 2.75) is 25.9 Å². The molecule has 2 rings (SSSR count). The minimum Gasteiger partial charge on any atom is -0.493 e. The zero-order valence-electron chi connectivity index (χ0n) is 10.3. The van der Waals surface area contributed by atoms with Crippen molar-refractivity contribution >= 4 is 0 Å². The summed E-state index contributed by atoms with van der Waals surface area (Å²) in [5.41, 5.74) is 0.890. The van der Waals surface area contributed by atoms with Gasteiger partial charge in [0.1, 0.15) is 5.75 Å². The van der Waals surface area contributed by atoms with Gasteiger partial charge in [-0.25, -0.2) is 0 Å². The van der Waals surface area contributed by atoms with E-state index in [4.69, 9.17) is 9.47 Å². The van der Waals surface area contributed by atoms with Gasteiger partial charge in [-0.3, -0.25) is 0 Å². The summed E-state index contributed by atoms with van der Waals surface area (Å²) in [6.45, 7) is 4.17. The number of aliphatic hydroxyl groups is 1. The Balaban J connectivity index is 2.03. The molecule has 94 valence electrons. The number of ether oxygens (including phenoxy) is 2. The Bertz CT molecular complexity index is 345. The largest absolute Gasteiger partial charge is 0.493 e. The molecular weight excluding hydrogens is 216 g/mol. The van der Waals surface area contributed by atoms with E-state index in [2.05, 4.69) is 0 Å². The maximum Gasteiger partial charge on any atom is 0.125 e. The van der Waals surface area contributed by atoms with Crippen LogP contribution in [0.25, 0.3) is 0 Å². The van der Waals surface area contributed by atoms with Crippen molar-refractivity contribution < 1.29 is 14.6 Å². The van der Waals surface area contributed by atoms with Gasteiger partial charge in [-0.15, -0.1) is 0 Å². The third kappa shape index (κ3) is 3.20. The summed E-state index contributed by atoms with van der Waals surface area (Å²) in [5.74, 6) is 1.26. The lowest BCUT2D eigenvalue weighted by molar-refractivity contribution is 0.126. The van der Waals surface area contributed by atoms with Crippen LogP contribution in [0, 0.1) is 5.92 Å². The molecule has 0 radical (unpaired) electrons. The first-order chi connectivity index (χ1) is 8.31. The second kappa shape index (κ2) is 6.03. The molecule has 1 aliphatic heterocycles. The van der Waals surface area contributed by atoms with Crippen LogP contribution < -0.4 is 4.74 Å². The van der Waals surface area contributed by atoms with Crippen LogP contribution in [0.4, 0.5) is 0 Å². The smallest absolute Gasteiger partial charge is 0.125 e. The van der Waals surface area contributed by atoms with Crippen molar-refractivity contribution in [3.8, 4) is 5.75 Å². The molecule has 1 heterocycles. The Hall–Kier alpha value is -1.06. The van der Waals surface area contributed by atoms with Crippen molar-refractivity contribution in [2.24, 2.45) is 5.92 Å². The summed E-state index contributed by atoms with van der Waals surface area (Å²) in [4.78, 5) is 0. The molecule has 2 atom stereocenters. The molecule has 2 unspecified atom stereocenters. The molecule has 3 nitrogen and oxygen atoms in total. The second-order valence-electron chi connectivity index (χ2n) is 4.45. The minimum absolute atomic E-state index is 0.454. The predicted octanol–water partition coefficient (Wildman–Crippen LogP) is 2.55. The third-order valence-electron chi connectivity index (χ3n) is 3.16. The standard InChI is InChI=1S/C14H20O3/c1-2-17-14-6-4-3-5-12(14)13(15)9-11-7-8-16-10-11/h3-6,11,13,15H,2,7-10H2,1H3. The molecule has 0 amide bonds. The van der Waals surface area contributed by atoms with Gasteiger partial charge in [-0.1, -0.05) is 18.2 Å². The van der Waals surface area contributed by atoms with Crippen molar-refractivity contribution in [1.82, 2.24) is 0 Å². The van der Waals surface area contributed by atoms with E-state index >= 15 is 0 Å². The fourth-order valence-electron chi connectivity index (χ4n) is 2.25. The van der Waals surface area contributed by atoms with Crippen LogP contribution >= 0.6 is 0 Å². The van der Waals surface area contributed by atoms with E-state index < -0.39 is 6.10 Å². The lowest BCUT2D eigenvalue weighted by Gasteiger charge is -2.17. The first kappa shape index (κ1) is 12.4. The van der Waals surface area contributed by atoms with Gasteiger partial charge in [-0.2, -0.15) is 0 Å². The highest BCUT2D eigenvalue weighted by molar-refractivity contribution is 5.35. The first-order valence-electron chi connectivity index (χ1n) is 6.28. The maximum absolute atomic E-state index is 10.3. The van der Waals surface area contributed by atoms with Gasteiger partial charge in [0.2, 0.25) is 0 Å². The van der Waals surface area contributed by atoms with Crippen molar-refractivity contribution in [3.63, 3.8) is 0 Å². The highest BCUT2D eigenvalue weighted by Gasteiger charge is 2.22. The molecular formula is C14H20O3. The van der Waals surface area contributed by atoms with Gasteiger partial charge in [0.25, 0.3) is 0 Å². The van der Waals surface area contributed by atoms with E-state index in [0.29, 0.717) is 12.5 Å². The molecule has 1 aliphatic rings. The van der Waals surface area contributed by atoms with Gasteiger partial charge < -0.3 is 14.6 Å². The number of rotatable bonds is 5. The topological polar surface area (TPSA) is 38.7 Å². The Morgan fingerprint density at radius 3 is 3.00 bits per heavy atom. The summed E-state index contributed by atoms with van der Waals surface area (Å²) in [6, 6.07) is 7.71. The number of hydrogen-bond acceptors (Lipinski definition) is 3. The summed E-state index contributed by atoms with van der Waals surface area (Å²) >= 11 is 0. The highest BCUT2D eigenvalue weighted by atomic mass is 16.5. The van der Waals surface area contributed by atoms with E-state index in [9.17, 15) is 5.11 Å². The Morgan fingerprint density at radius 1 is 1.47 bits per heavy atom. The molecule has 0 aromatic heterocycles. The van der Waals surface area contributed by atoms with E-state index in [1.165, 1.54) is 0 Å². The summed E-state index contributed by atoms with van der Waals surface area (Å²) in [6.07, 6.45) is 1.35. The van der Waals surface area contributed by atoms with E-state index in [1.54, 1.807) is 0 Å². The number of para-hydroxylation sites is 1. The van der Waals surface area contributed by atoms with Crippen LogP contribution in [0.2, 0.25) is 0 Å². The predicted molar refractivity (Wildman–Crippen MR) is 66.1 cm³/mol. The first-order valence-corrected chi connectivity index (χ1v) is 6.28. The van der Waals surface area contributed by atoms with Crippen molar-refractivity contribution in [3.05, 3.63) is 29.8 Å². The normalized spacial score (nSPS) is 21.4. The average Bonchev–Trinajstić information content (AvgIpc) is 2.83. The average molecular weight is 236 g/mol. The Morgan fingerprint density at radius 2 is 2.29 bits per heavy atom. The van der Waals surface area contributed by atoms with Gasteiger partial charge in [-0.05, 0) is 31.7 Å². The summed E-state index contributed by atoms with van der Waals surface area (Å²) in [5, 5.41) is 10.3. The lowest BCUT2D eigenvalue weighted by atomic mass is 9.96. The zero-order valence-corrected chi connectivity index (χ0v) is 10.3. The van der Waals surface area contributed by atoms with Crippen molar-refractivity contribution in [1.29, 1.82) is 0 Å². The zero-order chi connectivity index (χ0) is 12.1. The Labute approximate surface area is 102 Å². The van der Waals surface area contributed by atoms with Gasteiger partial charge in [0, 0.05) is 18.8 Å². The highest BCUT2D eigenvalue weighted by Crippen LogP contribution is 2.31. The minimum atomic E-state index is -0.454. The fraction of sp³-hybridized carbons (Fsp3) is 0.571. The van der Waals surface area contributed by atoms with Crippen LogP contribution in [-0.2, 0) is 4.74 Å². The molecule has 17 heavy (non-hydrogen) atoms. The maximum atomic E-state index is 10.3. The van der Waals surface area contributed by atoms with E-state index in [-0.39, 0.29) is 0 Å². The number of aliphatic hydroxyl groups excluding tert-OH is 1. The second-order valence-corrected chi connectivity index (χ2v) is 4.45. The molecule has 0 saturated carbocycles.